The van der Waals surface area contributed by atoms with Crippen molar-refractivity contribution >= 4 is 15.9 Å². The normalized spacial score (nSPS) is 17.8. The lowest BCUT2D eigenvalue weighted by Gasteiger charge is -2.08. The van der Waals surface area contributed by atoms with E-state index in [1.807, 2.05) is 0 Å². The van der Waals surface area contributed by atoms with Crippen LogP contribution in [0.4, 0.5) is 13.2 Å². The summed E-state index contributed by atoms with van der Waals surface area (Å²) in [5, 5.41) is 0. The summed E-state index contributed by atoms with van der Waals surface area (Å²) >= 11 is 0. The van der Waals surface area contributed by atoms with Crippen molar-refractivity contribution in [3.05, 3.63) is 34.2 Å². The van der Waals surface area contributed by atoms with Gasteiger partial charge in [0.25, 0.3) is 0 Å². The number of benzene rings is 1. The fourth-order valence-corrected chi connectivity index (χ4v) is 3.13. The Morgan fingerprint density at radius 3 is 2.41 bits per heavy atom. The molecule has 0 spiro atoms. The van der Waals surface area contributed by atoms with Gasteiger partial charge in [0.15, 0.2) is 0 Å². The lowest BCUT2D eigenvalue weighted by Crippen LogP contribution is -2.11. The number of sulfone groups is 1. The first-order valence-electron chi connectivity index (χ1n) is 4.64. The van der Waals surface area contributed by atoms with E-state index >= 15 is 0 Å². The van der Waals surface area contributed by atoms with E-state index in [1.54, 1.807) is 0 Å². The molecule has 7 heteroatoms. The molecule has 17 heavy (non-hydrogen) atoms. The Hall–Kier alpha value is -1.34. The topological polar surface area (TPSA) is 60.2 Å². The van der Waals surface area contributed by atoms with Gasteiger partial charge in [0.1, 0.15) is 0 Å². The van der Waals surface area contributed by atoms with Crippen LogP contribution in [0.3, 0.4) is 0 Å². The Kier molecular flexibility index (Phi) is 2.55. The van der Waals surface area contributed by atoms with Gasteiger partial charge in [0.05, 0.1) is 15.4 Å². The largest absolute Gasteiger partial charge is 0.416 e. The number of rotatable bonds is 1. The Morgan fingerprint density at radius 2 is 1.88 bits per heavy atom. The Bertz CT molecular complexity index is 602. The third-order valence-corrected chi connectivity index (χ3v) is 4.40. The van der Waals surface area contributed by atoms with Crippen LogP contribution in [0.5, 0.6) is 0 Å². The molecule has 92 valence electrons. The number of halogens is 3. The zero-order valence-corrected chi connectivity index (χ0v) is 9.27. The van der Waals surface area contributed by atoms with Crippen LogP contribution in [0.2, 0.25) is 0 Å². The van der Waals surface area contributed by atoms with Gasteiger partial charge < -0.3 is 5.73 Å². The van der Waals surface area contributed by atoms with E-state index in [1.165, 1.54) is 6.08 Å². The van der Waals surface area contributed by atoms with E-state index in [4.69, 9.17) is 5.73 Å². The average Bonchev–Trinajstić information content (AvgIpc) is 2.48. The van der Waals surface area contributed by atoms with Crippen LogP contribution < -0.4 is 5.73 Å². The maximum Gasteiger partial charge on any atom is 0.416 e. The number of hydrogen-bond donors (Lipinski definition) is 1. The van der Waals surface area contributed by atoms with Crippen molar-refractivity contribution in [2.75, 3.05) is 6.54 Å². The zero-order chi connectivity index (χ0) is 12.8. The Balaban J connectivity index is 2.62. The average molecular weight is 263 g/mol. The monoisotopic (exact) mass is 263 g/mol. The molecule has 0 radical (unpaired) electrons. The SMILES string of the molecule is NCC1=Cc2ccc(C(F)(F)F)cc2S1(=O)=O. The summed E-state index contributed by atoms with van der Waals surface area (Å²) in [6, 6.07) is 2.63. The minimum Gasteiger partial charge on any atom is -0.326 e. The molecule has 1 heterocycles. The molecule has 1 aromatic rings. The summed E-state index contributed by atoms with van der Waals surface area (Å²) < 4.78 is 60.9. The van der Waals surface area contributed by atoms with Crippen LogP contribution in [0.25, 0.3) is 6.08 Å². The fraction of sp³-hybridized carbons (Fsp3) is 0.200. The standard InChI is InChI=1S/C10H8F3NO2S/c11-10(12,13)7-2-1-6-3-8(5-14)17(15,16)9(6)4-7/h1-4H,5,14H2. The molecule has 0 aliphatic carbocycles. The second-order valence-corrected chi connectivity index (χ2v) is 5.54. The molecule has 0 amide bonds. The van der Waals surface area contributed by atoms with Gasteiger partial charge in [-0.1, -0.05) is 6.07 Å². The Morgan fingerprint density at radius 1 is 1.24 bits per heavy atom. The van der Waals surface area contributed by atoms with Gasteiger partial charge in [-0.05, 0) is 23.8 Å². The molecular formula is C10H8F3NO2S. The molecule has 0 saturated heterocycles. The predicted octanol–water partition coefficient (Wildman–Crippen LogP) is 1.79. The molecule has 0 unspecified atom stereocenters. The number of nitrogens with two attached hydrogens (primary N) is 1. The van der Waals surface area contributed by atoms with Crippen LogP contribution in [0.1, 0.15) is 11.1 Å². The lowest BCUT2D eigenvalue weighted by atomic mass is 10.1. The molecule has 1 aliphatic heterocycles. The Labute approximate surface area is 95.7 Å². The molecule has 0 bridgehead atoms. The second-order valence-electron chi connectivity index (χ2n) is 3.57. The molecule has 2 rings (SSSR count). The predicted molar refractivity (Wildman–Crippen MR) is 55.7 cm³/mol. The first-order chi connectivity index (χ1) is 7.76. The highest BCUT2D eigenvalue weighted by Gasteiger charge is 2.35. The van der Waals surface area contributed by atoms with Crippen molar-refractivity contribution in [3.8, 4) is 0 Å². The van der Waals surface area contributed by atoms with E-state index in [9.17, 15) is 21.6 Å². The number of fused-ring (bicyclic) bond motifs is 1. The highest BCUT2D eigenvalue weighted by atomic mass is 32.2. The highest BCUT2D eigenvalue weighted by molar-refractivity contribution is 7.95. The van der Waals surface area contributed by atoms with Crippen LogP contribution in [0.15, 0.2) is 28.0 Å². The fourth-order valence-electron chi connectivity index (χ4n) is 1.62. The molecule has 3 nitrogen and oxygen atoms in total. The van der Waals surface area contributed by atoms with Gasteiger partial charge in [-0.3, -0.25) is 0 Å². The molecule has 1 aromatic carbocycles. The van der Waals surface area contributed by atoms with E-state index < -0.39 is 21.6 Å². The maximum absolute atomic E-state index is 12.5. The van der Waals surface area contributed by atoms with E-state index in [0.717, 1.165) is 12.1 Å². The molecule has 0 saturated carbocycles. The van der Waals surface area contributed by atoms with Gasteiger partial charge in [-0.15, -0.1) is 0 Å². The third-order valence-electron chi connectivity index (χ3n) is 2.49. The van der Waals surface area contributed by atoms with Crippen molar-refractivity contribution in [1.29, 1.82) is 0 Å². The quantitative estimate of drug-likeness (QED) is 0.840. The maximum atomic E-state index is 12.5. The zero-order valence-electron chi connectivity index (χ0n) is 8.45. The second kappa shape index (κ2) is 3.58. The van der Waals surface area contributed by atoms with Gasteiger partial charge in [0.2, 0.25) is 9.84 Å². The van der Waals surface area contributed by atoms with Crippen molar-refractivity contribution < 1.29 is 21.6 Å². The van der Waals surface area contributed by atoms with Gasteiger partial charge in [0, 0.05) is 6.54 Å². The van der Waals surface area contributed by atoms with Crippen LogP contribution in [-0.2, 0) is 16.0 Å². The van der Waals surface area contributed by atoms with Crippen LogP contribution in [-0.4, -0.2) is 15.0 Å². The first kappa shape index (κ1) is 12.1. The van der Waals surface area contributed by atoms with Gasteiger partial charge in [-0.2, -0.15) is 13.2 Å². The minimum absolute atomic E-state index is 0.0631. The van der Waals surface area contributed by atoms with E-state index in [2.05, 4.69) is 0 Å². The number of alkyl halides is 3. The van der Waals surface area contributed by atoms with Crippen LogP contribution >= 0.6 is 0 Å². The summed E-state index contributed by atoms with van der Waals surface area (Å²) in [6.07, 6.45) is -3.26. The summed E-state index contributed by atoms with van der Waals surface area (Å²) in [5.41, 5.74) is 4.51. The van der Waals surface area contributed by atoms with Gasteiger partial charge >= 0.3 is 6.18 Å². The summed E-state index contributed by atoms with van der Waals surface area (Å²) in [6.45, 7) is -0.224. The van der Waals surface area contributed by atoms with Crippen molar-refractivity contribution in [3.63, 3.8) is 0 Å². The molecule has 0 aromatic heterocycles. The van der Waals surface area contributed by atoms with Gasteiger partial charge in [-0.25, -0.2) is 8.42 Å². The highest BCUT2D eigenvalue weighted by Crippen LogP contribution is 2.37. The summed E-state index contributed by atoms with van der Waals surface area (Å²) in [7, 11) is -3.84. The summed E-state index contributed by atoms with van der Waals surface area (Å²) in [4.78, 5) is -0.389. The smallest absolute Gasteiger partial charge is 0.326 e. The van der Waals surface area contributed by atoms with Crippen molar-refractivity contribution in [1.82, 2.24) is 0 Å². The van der Waals surface area contributed by atoms with E-state index in [0.29, 0.717) is 6.07 Å². The first-order valence-corrected chi connectivity index (χ1v) is 6.12. The van der Waals surface area contributed by atoms with Crippen molar-refractivity contribution in [2.24, 2.45) is 5.73 Å². The van der Waals surface area contributed by atoms with Crippen molar-refractivity contribution in [2.45, 2.75) is 11.1 Å². The molecule has 1 aliphatic rings. The molecule has 0 fully saturated rings. The minimum atomic E-state index is -4.56. The molecule has 0 atom stereocenters. The number of hydrogen-bond acceptors (Lipinski definition) is 3. The van der Waals surface area contributed by atoms with Crippen LogP contribution in [0, 0.1) is 0 Å². The molecule has 2 N–H and O–H groups in total. The summed E-state index contributed by atoms with van der Waals surface area (Å²) in [5.74, 6) is 0. The van der Waals surface area contributed by atoms with E-state index in [-0.39, 0.29) is 21.9 Å². The third kappa shape index (κ3) is 1.85. The molecular weight excluding hydrogens is 255 g/mol. The lowest BCUT2D eigenvalue weighted by molar-refractivity contribution is -0.137.